The van der Waals surface area contributed by atoms with Crippen molar-refractivity contribution in [3.05, 3.63) is 71.7 Å². The van der Waals surface area contributed by atoms with Crippen LogP contribution in [0.3, 0.4) is 0 Å². The zero-order chi connectivity index (χ0) is 14.8. The number of carbonyl (C=O) groups is 1. The van der Waals surface area contributed by atoms with Crippen molar-refractivity contribution in [1.29, 1.82) is 0 Å². The number of para-hydroxylation sites is 1. The summed E-state index contributed by atoms with van der Waals surface area (Å²) in [4.78, 5) is 11.8. The second-order valence-electron chi connectivity index (χ2n) is 4.79. The number of nitrogens with zero attached hydrogens (tertiary/aromatic N) is 1. The van der Waals surface area contributed by atoms with Crippen LogP contribution in [0.15, 0.2) is 54.7 Å². The number of nitrogen functional groups attached to an aromatic ring is 1. The Bertz CT molecular complexity index is 793. The van der Waals surface area contributed by atoms with Gasteiger partial charge in [-0.3, -0.25) is 10.2 Å². The van der Waals surface area contributed by atoms with Crippen molar-refractivity contribution in [1.82, 2.24) is 9.99 Å². The number of hydrazine groups is 1. The average molecular weight is 283 g/mol. The molecule has 106 valence electrons. The van der Waals surface area contributed by atoms with Crippen molar-refractivity contribution in [2.75, 3.05) is 0 Å². The molecule has 3 rings (SSSR count). The summed E-state index contributed by atoms with van der Waals surface area (Å²) < 4.78 is 14.9. The van der Waals surface area contributed by atoms with Crippen LogP contribution in [0.4, 0.5) is 4.39 Å². The number of aromatic nitrogens is 1. The summed E-state index contributed by atoms with van der Waals surface area (Å²) in [6.07, 6.45) is 1.76. The van der Waals surface area contributed by atoms with Gasteiger partial charge in [0.05, 0.1) is 5.56 Å². The lowest BCUT2D eigenvalue weighted by Crippen LogP contribution is -2.29. The number of nitrogens with one attached hydrogen (secondary N) is 1. The molecule has 4 nitrogen and oxygen atoms in total. The highest BCUT2D eigenvalue weighted by molar-refractivity contribution is 6.06. The van der Waals surface area contributed by atoms with Crippen LogP contribution in [0, 0.1) is 5.82 Å². The zero-order valence-corrected chi connectivity index (χ0v) is 11.2. The lowest BCUT2D eigenvalue weighted by atomic mass is 10.2. The van der Waals surface area contributed by atoms with E-state index in [0.29, 0.717) is 12.1 Å². The van der Waals surface area contributed by atoms with E-state index in [1.54, 1.807) is 18.3 Å². The van der Waals surface area contributed by atoms with Crippen LogP contribution in [-0.4, -0.2) is 10.5 Å². The molecule has 0 saturated heterocycles. The number of benzene rings is 2. The van der Waals surface area contributed by atoms with Gasteiger partial charge in [-0.25, -0.2) is 10.2 Å². The van der Waals surface area contributed by atoms with E-state index >= 15 is 0 Å². The van der Waals surface area contributed by atoms with Crippen LogP contribution >= 0.6 is 0 Å². The number of amides is 1. The van der Waals surface area contributed by atoms with Crippen molar-refractivity contribution in [3.63, 3.8) is 0 Å². The van der Waals surface area contributed by atoms with Crippen LogP contribution in [0.1, 0.15) is 15.9 Å². The second-order valence-corrected chi connectivity index (χ2v) is 4.79. The van der Waals surface area contributed by atoms with Crippen molar-refractivity contribution >= 4 is 16.8 Å². The first-order chi connectivity index (χ1) is 10.2. The molecule has 1 aromatic heterocycles. The highest BCUT2D eigenvalue weighted by atomic mass is 19.1. The summed E-state index contributed by atoms with van der Waals surface area (Å²) in [5, 5.41) is 0.836. The maximum Gasteiger partial charge on any atom is 0.267 e. The van der Waals surface area contributed by atoms with Gasteiger partial charge in [-0.2, -0.15) is 0 Å². The summed E-state index contributed by atoms with van der Waals surface area (Å²) in [6.45, 7) is 0.554. The molecular formula is C16H14FN3O. The molecule has 0 atom stereocenters. The van der Waals surface area contributed by atoms with E-state index in [2.05, 4.69) is 5.43 Å². The average Bonchev–Trinajstić information content (AvgIpc) is 2.88. The largest absolute Gasteiger partial charge is 0.342 e. The number of fused-ring (bicyclic) bond motifs is 1. The summed E-state index contributed by atoms with van der Waals surface area (Å²) >= 11 is 0. The number of nitrogens with two attached hydrogens (primary N) is 1. The highest BCUT2D eigenvalue weighted by Crippen LogP contribution is 2.22. The monoisotopic (exact) mass is 283 g/mol. The first-order valence-electron chi connectivity index (χ1n) is 6.52. The molecule has 3 N–H and O–H groups in total. The molecule has 0 aliphatic carbocycles. The first kappa shape index (κ1) is 13.3. The molecule has 1 heterocycles. The molecule has 0 unspecified atom stereocenters. The fourth-order valence-corrected chi connectivity index (χ4v) is 2.42. The van der Waals surface area contributed by atoms with Crippen LogP contribution in [-0.2, 0) is 6.54 Å². The molecule has 21 heavy (non-hydrogen) atoms. The van der Waals surface area contributed by atoms with E-state index in [-0.39, 0.29) is 11.7 Å². The standard InChI is InChI=1S/C16H14FN3O/c17-12-7-5-11(6-8-12)9-20-10-14(16(21)19-18)13-3-1-2-4-15(13)20/h1-8,10H,9,18H2,(H,19,21). The van der Waals surface area contributed by atoms with Gasteiger partial charge in [0.25, 0.3) is 5.91 Å². The van der Waals surface area contributed by atoms with E-state index in [9.17, 15) is 9.18 Å². The third-order valence-electron chi connectivity index (χ3n) is 3.43. The van der Waals surface area contributed by atoms with E-state index in [4.69, 9.17) is 5.84 Å². The van der Waals surface area contributed by atoms with Crippen molar-refractivity contribution in [3.8, 4) is 0 Å². The molecule has 3 aromatic rings. The topological polar surface area (TPSA) is 60.0 Å². The van der Waals surface area contributed by atoms with Crippen molar-refractivity contribution in [2.24, 2.45) is 5.84 Å². The summed E-state index contributed by atoms with van der Waals surface area (Å²) in [5.74, 6) is 4.63. The Balaban J connectivity index is 2.06. The Morgan fingerprint density at radius 2 is 1.86 bits per heavy atom. The molecule has 5 heteroatoms. The minimum Gasteiger partial charge on any atom is -0.342 e. The van der Waals surface area contributed by atoms with Crippen molar-refractivity contribution in [2.45, 2.75) is 6.54 Å². The van der Waals surface area contributed by atoms with Gasteiger partial charge in [0, 0.05) is 23.6 Å². The zero-order valence-electron chi connectivity index (χ0n) is 11.2. The van der Waals surface area contributed by atoms with E-state index in [1.807, 2.05) is 28.8 Å². The number of carbonyl (C=O) groups excluding carboxylic acids is 1. The molecular weight excluding hydrogens is 269 g/mol. The Kier molecular flexibility index (Phi) is 3.41. The summed E-state index contributed by atoms with van der Waals surface area (Å²) in [7, 11) is 0. The van der Waals surface area contributed by atoms with Gasteiger partial charge in [-0.05, 0) is 23.8 Å². The van der Waals surface area contributed by atoms with Gasteiger partial charge in [-0.15, -0.1) is 0 Å². The molecule has 0 aliphatic rings. The summed E-state index contributed by atoms with van der Waals surface area (Å²) in [6, 6.07) is 13.9. The third kappa shape index (κ3) is 2.51. The van der Waals surface area contributed by atoms with Crippen LogP contribution < -0.4 is 11.3 Å². The molecule has 0 bridgehead atoms. The molecule has 0 saturated carbocycles. The lowest BCUT2D eigenvalue weighted by molar-refractivity contribution is 0.0955. The quantitative estimate of drug-likeness (QED) is 0.440. The Hall–Kier alpha value is -2.66. The Labute approximate surface area is 121 Å². The minimum atomic E-state index is -0.330. The van der Waals surface area contributed by atoms with E-state index < -0.39 is 0 Å². The Morgan fingerprint density at radius 3 is 2.57 bits per heavy atom. The highest BCUT2D eigenvalue weighted by Gasteiger charge is 2.13. The maximum absolute atomic E-state index is 13.0. The van der Waals surface area contributed by atoms with Gasteiger partial charge in [0.1, 0.15) is 5.82 Å². The van der Waals surface area contributed by atoms with Crippen LogP contribution in [0.25, 0.3) is 10.9 Å². The number of rotatable bonds is 3. The molecule has 0 radical (unpaired) electrons. The maximum atomic E-state index is 13.0. The normalized spacial score (nSPS) is 10.8. The van der Waals surface area contributed by atoms with Gasteiger partial charge in [0.2, 0.25) is 0 Å². The lowest BCUT2D eigenvalue weighted by Gasteiger charge is -2.05. The molecule has 0 spiro atoms. The van der Waals surface area contributed by atoms with Gasteiger partial charge in [0.15, 0.2) is 0 Å². The van der Waals surface area contributed by atoms with E-state index in [1.165, 1.54) is 12.1 Å². The first-order valence-corrected chi connectivity index (χ1v) is 6.52. The smallest absolute Gasteiger partial charge is 0.267 e. The minimum absolute atomic E-state index is 0.265. The SMILES string of the molecule is NNC(=O)c1cn(Cc2ccc(F)cc2)c2ccccc12. The fraction of sp³-hybridized carbons (Fsp3) is 0.0625. The molecule has 0 fully saturated rings. The Morgan fingerprint density at radius 1 is 1.14 bits per heavy atom. The number of halogens is 1. The number of hydrogen-bond donors (Lipinski definition) is 2. The molecule has 2 aromatic carbocycles. The fourth-order valence-electron chi connectivity index (χ4n) is 2.42. The van der Waals surface area contributed by atoms with Crippen LogP contribution in [0.2, 0.25) is 0 Å². The third-order valence-corrected chi connectivity index (χ3v) is 3.43. The van der Waals surface area contributed by atoms with Gasteiger partial charge < -0.3 is 4.57 Å². The predicted molar refractivity (Wildman–Crippen MR) is 79.1 cm³/mol. The van der Waals surface area contributed by atoms with Gasteiger partial charge >= 0.3 is 0 Å². The summed E-state index contributed by atoms with van der Waals surface area (Å²) in [5.41, 5.74) is 4.57. The van der Waals surface area contributed by atoms with Gasteiger partial charge in [-0.1, -0.05) is 30.3 Å². The molecule has 1 amide bonds. The van der Waals surface area contributed by atoms with Crippen molar-refractivity contribution < 1.29 is 9.18 Å². The second kappa shape index (κ2) is 5.38. The molecule has 0 aliphatic heterocycles. The number of hydrogen-bond acceptors (Lipinski definition) is 2. The van der Waals surface area contributed by atoms with E-state index in [0.717, 1.165) is 16.5 Å². The predicted octanol–water partition coefficient (Wildman–Crippen LogP) is 2.43. The van der Waals surface area contributed by atoms with Crippen LogP contribution in [0.5, 0.6) is 0 Å².